The van der Waals surface area contributed by atoms with Gasteiger partial charge in [-0.15, -0.1) is 0 Å². The van der Waals surface area contributed by atoms with Gasteiger partial charge in [-0.1, -0.05) is 0 Å². The Kier molecular flexibility index (Phi) is 3.63. The van der Waals surface area contributed by atoms with Crippen LogP contribution in [-0.2, 0) is 11.8 Å². The molecule has 24 heavy (non-hydrogen) atoms. The molecule has 1 fully saturated rings. The molecule has 0 amide bonds. The summed E-state index contributed by atoms with van der Waals surface area (Å²) in [5.41, 5.74) is -1.13. The average molecular weight is 331 g/mol. The lowest BCUT2D eigenvalue weighted by molar-refractivity contribution is -0.393. The van der Waals surface area contributed by atoms with Gasteiger partial charge >= 0.3 is 0 Å². The van der Waals surface area contributed by atoms with Crippen LogP contribution in [0.5, 0.6) is 0 Å². The Bertz CT molecular complexity index is 962. The van der Waals surface area contributed by atoms with Gasteiger partial charge in [-0.2, -0.15) is 0 Å². The van der Waals surface area contributed by atoms with Crippen LogP contribution in [-0.4, -0.2) is 20.2 Å². The number of rotatable bonds is 3. The summed E-state index contributed by atoms with van der Waals surface area (Å²) < 4.78 is 1.08. The maximum atomic E-state index is 12.2. The number of hydrogen-bond acceptors (Lipinski definition) is 6. The van der Waals surface area contributed by atoms with E-state index in [9.17, 15) is 29.8 Å². The number of benzene rings is 1. The maximum Gasteiger partial charge on any atom is 0.300 e. The fraction of sp³-hybridized carbons (Fsp3) is 0.333. The topological polar surface area (TPSA) is 125 Å². The zero-order valence-electron chi connectivity index (χ0n) is 12.7. The first-order valence-corrected chi connectivity index (χ1v) is 7.30. The van der Waals surface area contributed by atoms with Gasteiger partial charge in [0.25, 0.3) is 16.9 Å². The van der Waals surface area contributed by atoms with Crippen molar-refractivity contribution in [3.63, 3.8) is 0 Å². The van der Waals surface area contributed by atoms with Crippen LogP contribution >= 0.6 is 0 Å². The molecule has 9 nitrogen and oxygen atoms in total. The predicted molar refractivity (Wildman–Crippen MR) is 84.1 cm³/mol. The average Bonchev–Trinajstić information content (AvgIpc) is 2.95. The van der Waals surface area contributed by atoms with Crippen molar-refractivity contribution in [2.45, 2.75) is 25.2 Å². The molecule has 0 radical (unpaired) electrons. The lowest BCUT2D eigenvalue weighted by atomic mass is 9.93. The van der Waals surface area contributed by atoms with Gasteiger partial charge in [0.1, 0.15) is 11.3 Å². The fourth-order valence-corrected chi connectivity index (χ4v) is 3.27. The maximum absolute atomic E-state index is 12.2. The lowest BCUT2D eigenvalue weighted by Crippen LogP contribution is -2.20. The summed E-state index contributed by atoms with van der Waals surface area (Å²) in [7, 11) is 1.36. The van der Waals surface area contributed by atoms with Gasteiger partial charge in [0.2, 0.25) is 0 Å². The number of non-ortho nitro benzene ring substituents is 2. The molecule has 1 unspecified atom stereocenters. The van der Waals surface area contributed by atoms with Crippen molar-refractivity contribution in [2.75, 3.05) is 0 Å². The minimum atomic E-state index is -0.755. The first kappa shape index (κ1) is 15.8. The van der Waals surface area contributed by atoms with E-state index in [1.54, 1.807) is 0 Å². The second-order valence-corrected chi connectivity index (χ2v) is 5.78. The molecule has 0 bridgehead atoms. The van der Waals surface area contributed by atoms with E-state index in [4.69, 9.17) is 0 Å². The van der Waals surface area contributed by atoms with Crippen molar-refractivity contribution >= 4 is 28.1 Å². The number of nitro benzene ring substituents is 2. The Labute approximate surface area is 134 Å². The van der Waals surface area contributed by atoms with Crippen LogP contribution in [0.15, 0.2) is 23.0 Å². The van der Waals surface area contributed by atoms with E-state index in [1.165, 1.54) is 19.2 Å². The van der Waals surface area contributed by atoms with Gasteiger partial charge in [-0.3, -0.25) is 29.8 Å². The molecule has 2 aromatic rings. The number of nitrogens with zero attached hydrogens (tertiary/aromatic N) is 3. The zero-order chi connectivity index (χ0) is 17.6. The minimum absolute atomic E-state index is 0.00667. The highest BCUT2D eigenvalue weighted by Crippen LogP contribution is 2.38. The van der Waals surface area contributed by atoms with Crippen LogP contribution in [0.1, 0.15) is 30.7 Å². The first-order chi connectivity index (χ1) is 11.3. The van der Waals surface area contributed by atoms with Crippen molar-refractivity contribution in [1.82, 2.24) is 4.57 Å². The fourth-order valence-electron chi connectivity index (χ4n) is 3.27. The van der Waals surface area contributed by atoms with E-state index in [0.717, 1.165) is 10.6 Å². The summed E-state index contributed by atoms with van der Waals surface area (Å²) >= 11 is 0. The summed E-state index contributed by atoms with van der Waals surface area (Å²) in [4.78, 5) is 45.3. The molecule has 0 N–H and O–H groups in total. The molecule has 1 heterocycles. The molecule has 0 spiro atoms. The van der Waals surface area contributed by atoms with Gasteiger partial charge in [0, 0.05) is 36.9 Å². The largest absolute Gasteiger partial charge is 0.305 e. The summed E-state index contributed by atoms with van der Waals surface area (Å²) in [5.74, 6) is -0.610. The number of fused-ring (bicyclic) bond motifs is 1. The zero-order valence-corrected chi connectivity index (χ0v) is 12.7. The summed E-state index contributed by atoms with van der Waals surface area (Å²) in [5, 5.41) is 22.7. The SMILES string of the molecule is Cn1c(=O)cc(C2CCCC2=O)c2cc([N+](=O)[O-])cc([N+](=O)[O-])c21. The normalized spacial score (nSPS) is 17.4. The van der Waals surface area contributed by atoms with Crippen molar-refractivity contribution in [3.05, 3.63) is 54.3 Å². The van der Waals surface area contributed by atoms with E-state index in [2.05, 4.69) is 0 Å². The van der Waals surface area contributed by atoms with Gasteiger partial charge in [-0.05, 0) is 18.4 Å². The van der Waals surface area contributed by atoms with Gasteiger partial charge in [0.15, 0.2) is 0 Å². The van der Waals surface area contributed by atoms with Crippen molar-refractivity contribution in [3.8, 4) is 0 Å². The van der Waals surface area contributed by atoms with Crippen LogP contribution in [0, 0.1) is 20.2 Å². The van der Waals surface area contributed by atoms with Crippen LogP contribution in [0.4, 0.5) is 11.4 Å². The molecular formula is C15H13N3O6. The number of carbonyl (C=O) groups is 1. The molecule has 0 aliphatic heterocycles. The number of pyridine rings is 1. The van der Waals surface area contributed by atoms with E-state index in [1.807, 2.05) is 0 Å². The quantitative estimate of drug-likeness (QED) is 0.627. The highest BCUT2D eigenvalue weighted by Gasteiger charge is 2.31. The molecule has 3 rings (SSSR count). The van der Waals surface area contributed by atoms with Crippen LogP contribution in [0.25, 0.3) is 10.9 Å². The second-order valence-electron chi connectivity index (χ2n) is 5.78. The van der Waals surface area contributed by atoms with Crippen molar-refractivity contribution < 1.29 is 14.6 Å². The van der Waals surface area contributed by atoms with Crippen molar-refractivity contribution in [2.24, 2.45) is 7.05 Å². The number of carbonyl (C=O) groups excluding carboxylic acids is 1. The molecule has 0 saturated heterocycles. The van der Waals surface area contributed by atoms with Crippen LogP contribution in [0.2, 0.25) is 0 Å². The monoisotopic (exact) mass is 331 g/mol. The molecule has 1 saturated carbocycles. The predicted octanol–water partition coefficient (Wildman–Crippen LogP) is 2.19. The number of aryl methyl sites for hydroxylation is 1. The molecule has 1 atom stereocenters. The number of hydrogen-bond donors (Lipinski definition) is 0. The van der Waals surface area contributed by atoms with E-state index >= 15 is 0 Å². The Morgan fingerprint density at radius 1 is 1.12 bits per heavy atom. The van der Waals surface area contributed by atoms with E-state index in [-0.39, 0.29) is 16.7 Å². The number of Topliss-reactive ketones (excluding diaryl/α,β-unsaturated/α-hetero) is 1. The third-order valence-electron chi connectivity index (χ3n) is 4.42. The summed E-state index contributed by atoms with van der Waals surface area (Å²) in [6.45, 7) is 0. The number of nitro groups is 2. The number of aromatic nitrogens is 1. The Balaban J connectivity index is 2.47. The van der Waals surface area contributed by atoms with E-state index < -0.39 is 32.7 Å². The number of ketones is 1. The third-order valence-corrected chi connectivity index (χ3v) is 4.42. The lowest BCUT2D eigenvalue weighted by Gasteiger charge is -2.14. The van der Waals surface area contributed by atoms with Crippen LogP contribution < -0.4 is 5.56 Å². The summed E-state index contributed by atoms with van der Waals surface area (Å²) in [6, 6.07) is 3.29. The Morgan fingerprint density at radius 2 is 1.83 bits per heavy atom. The third kappa shape index (κ3) is 2.34. The molecule has 1 aliphatic rings. The molecular weight excluding hydrogens is 318 g/mol. The molecule has 9 heteroatoms. The molecule has 1 aromatic heterocycles. The van der Waals surface area contributed by atoms with Crippen LogP contribution in [0.3, 0.4) is 0 Å². The highest BCUT2D eigenvalue weighted by atomic mass is 16.6. The Hall–Kier alpha value is -3.10. The molecule has 124 valence electrons. The van der Waals surface area contributed by atoms with E-state index in [0.29, 0.717) is 24.8 Å². The highest BCUT2D eigenvalue weighted by molar-refractivity contribution is 5.97. The molecule has 1 aromatic carbocycles. The molecule has 1 aliphatic carbocycles. The van der Waals surface area contributed by atoms with Gasteiger partial charge < -0.3 is 4.57 Å². The second kappa shape index (κ2) is 5.52. The standard InChI is InChI=1S/C15H13N3O6/c1-16-14(20)7-10(9-3-2-4-13(9)19)11-5-8(17(21)22)6-12(15(11)16)18(23)24/h5-7,9H,2-4H2,1H3. The van der Waals surface area contributed by atoms with Gasteiger partial charge in [-0.25, -0.2) is 0 Å². The first-order valence-electron chi connectivity index (χ1n) is 7.30. The Morgan fingerprint density at radius 3 is 2.38 bits per heavy atom. The minimum Gasteiger partial charge on any atom is -0.305 e. The van der Waals surface area contributed by atoms with Gasteiger partial charge in [0.05, 0.1) is 15.9 Å². The summed E-state index contributed by atoms with van der Waals surface area (Å²) in [6.07, 6.45) is 1.56. The smallest absolute Gasteiger partial charge is 0.300 e. The van der Waals surface area contributed by atoms with Crippen molar-refractivity contribution in [1.29, 1.82) is 0 Å².